The minimum absolute atomic E-state index is 0.129. The van der Waals surface area contributed by atoms with Gasteiger partial charge >= 0.3 is 0 Å². The van der Waals surface area contributed by atoms with Gasteiger partial charge in [-0.1, -0.05) is 6.08 Å². The lowest BCUT2D eigenvalue weighted by Gasteiger charge is -2.05. The van der Waals surface area contributed by atoms with Crippen LogP contribution in [0.2, 0.25) is 0 Å². The van der Waals surface area contributed by atoms with Crippen molar-refractivity contribution in [3.05, 3.63) is 39.8 Å². The largest absolute Gasteiger partial charge is 0.497 e. The van der Waals surface area contributed by atoms with E-state index in [-0.39, 0.29) is 5.91 Å². The van der Waals surface area contributed by atoms with Crippen LogP contribution in [0.1, 0.15) is 20.2 Å². The first-order valence-electron chi connectivity index (χ1n) is 6.25. The van der Waals surface area contributed by atoms with E-state index in [0.717, 1.165) is 22.1 Å². The highest BCUT2D eigenvalue weighted by Gasteiger charge is 2.06. The number of thiazole rings is 1. The second kappa shape index (κ2) is 6.90. The summed E-state index contributed by atoms with van der Waals surface area (Å²) in [6.45, 7) is 0. The molecule has 1 heterocycles. The molecule has 0 spiro atoms. The van der Waals surface area contributed by atoms with Crippen molar-refractivity contribution in [3.63, 3.8) is 0 Å². The van der Waals surface area contributed by atoms with E-state index in [1.165, 1.54) is 11.3 Å². The van der Waals surface area contributed by atoms with Gasteiger partial charge in [-0.3, -0.25) is 4.79 Å². The van der Waals surface area contributed by atoms with Crippen molar-refractivity contribution in [2.75, 3.05) is 21.3 Å². The number of carbonyl (C=O) groups excluding carboxylic acids is 1. The third-order valence-electron chi connectivity index (χ3n) is 2.77. The highest BCUT2D eigenvalue weighted by molar-refractivity contribution is 7.14. The van der Waals surface area contributed by atoms with Gasteiger partial charge in [-0.2, -0.15) is 0 Å². The number of amides is 1. The van der Waals surface area contributed by atoms with Crippen LogP contribution in [0.25, 0.3) is 12.2 Å². The predicted octanol–water partition coefficient (Wildman–Crippen LogP) is 2.69. The Morgan fingerprint density at radius 1 is 1.19 bits per heavy atom. The molecule has 0 fully saturated rings. The Kier molecular flexibility index (Phi) is 4.94. The molecule has 1 N–H and O–H groups in total. The van der Waals surface area contributed by atoms with Crippen LogP contribution in [0.4, 0.5) is 0 Å². The normalized spacial score (nSPS) is 10.6. The van der Waals surface area contributed by atoms with Crippen LogP contribution in [-0.4, -0.2) is 32.2 Å². The number of carbonyl (C=O) groups is 1. The van der Waals surface area contributed by atoms with Crippen molar-refractivity contribution in [3.8, 4) is 11.5 Å². The van der Waals surface area contributed by atoms with Gasteiger partial charge in [0.1, 0.15) is 21.4 Å². The first-order valence-corrected chi connectivity index (χ1v) is 7.07. The van der Waals surface area contributed by atoms with E-state index in [1.807, 2.05) is 30.4 Å². The van der Waals surface area contributed by atoms with Crippen molar-refractivity contribution in [2.45, 2.75) is 0 Å². The van der Waals surface area contributed by atoms with E-state index in [4.69, 9.17) is 9.47 Å². The SMILES string of the molecule is CNC(=O)c1cnc(/C=C\c2cc(OC)cc(OC)c2)s1. The Balaban J connectivity index is 2.20. The molecule has 1 amide bonds. The molecule has 1 aromatic carbocycles. The molecule has 0 aliphatic rings. The van der Waals surface area contributed by atoms with E-state index in [0.29, 0.717) is 4.88 Å². The predicted molar refractivity (Wildman–Crippen MR) is 84.0 cm³/mol. The Hall–Kier alpha value is -2.34. The number of rotatable bonds is 5. The van der Waals surface area contributed by atoms with Gasteiger partial charge < -0.3 is 14.8 Å². The van der Waals surface area contributed by atoms with Gasteiger partial charge in [0, 0.05) is 13.1 Å². The Morgan fingerprint density at radius 2 is 1.86 bits per heavy atom. The standard InChI is InChI=1S/C15H16N2O3S/c1-16-15(18)13-9-17-14(21-13)5-4-10-6-11(19-2)8-12(7-10)20-3/h4-9H,1-3H3,(H,16,18)/b5-4-. The maximum Gasteiger partial charge on any atom is 0.262 e. The quantitative estimate of drug-likeness (QED) is 0.922. The van der Waals surface area contributed by atoms with Crippen molar-refractivity contribution < 1.29 is 14.3 Å². The Labute approximate surface area is 127 Å². The topological polar surface area (TPSA) is 60.5 Å². The fourth-order valence-electron chi connectivity index (χ4n) is 1.69. The minimum Gasteiger partial charge on any atom is -0.497 e. The smallest absolute Gasteiger partial charge is 0.262 e. The lowest BCUT2D eigenvalue weighted by atomic mass is 10.2. The van der Waals surface area contributed by atoms with Crippen LogP contribution in [0.15, 0.2) is 24.4 Å². The average molecular weight is 304 g/mol. The summed E-state index contributed by atoms with van der Waals surface area (Å²) in [6, 6.07) is 5.60. The molecule has 1 aromatic heterocycles. The average Bonchev–Trinajstić information content (AvgIpc) is 3.00. The molecule has 2 aromatic rings. The number of methoxy groups -OCH3 is 2. The monoisotopic (exact) mass is 304 g/mol. The van der Waals surface area contributed by atoms with Crippen LogP contribution < -0.4 is 14.8 Å². The molecule has 5 nitrogen and oxygen atoms in total. The summed E-state index contributed by atoms with van der Waals surface area (Å²) < 4.78 is 10.4. The molecule has 0 atom stereocenters. The van der Waals surface area contributed by atoms with Crippen molar-refractivity contribution in [1.29, 1.82) is 0 Å². The van der Waals surface area contributed by atoms with Crippen LogP contribution in [-0.2, 0) is 0 Å². The second-order valence-corrected chi connectivity index (χ2v) is 5.18. The molecule has 21 heavy (non-hydrogen) atoms. The van der Waals surface area contributed by atoms with E-state index >= 15 is 0 Å². The molecule has 0 saturated heterocycles. The van der Waals surface area contributed by atoms with Gasteiger partial charge in [-0.15, -0.1) is 11.3 Å². The summed E-state index contributed by atoms with van der Waals surface area (Å²) >= 11 is 1.33. The summed E-state index contributed by atoms with van der Waals surface area (Å²) in [6.07, 6.45) is 5.32. The van der Waals surface area contributed by atoms with Crippen molar-refractivity contribution >= 4 is 29.4 Å². The molecule has 0 unspecified atom stereocenters. The lowest BCUT2D eigenvalue weighted by molar-refractivity contribution is 0.0967. The van der Waals surface area contributed by atoms with Crippen molar-refractivity contribution in [2.24, 2.45) is 0 Å². The van der Waals surface area contributed by atoms with Gasteiger partial charge in [0.25, 0.3) is 5.91 Å². The number of hydrogen-bond donors (Lipinski definition) is 1. The van der Waals surface area contributed by atoms with Crippen LogP contribution >= 0.6 is 11.3 Å². The molecule has 0 aliphatic carbocycles. The fraction of sp³-hybridized carbons (Fsp3) is 0.200. The summed E-state index contributed by atoms with van der Waals surface area (Å²) in [5, 5.41) is 3.33. The zero-order valence-electron chi connectivity index (χ0n) is 12.0. The Bertz CT molecular complexity index is 642. The number of hydrogen-bond acceptors (Lipinski definition) is 5. The maximum atomic E-state index is 11.5. The van der Waals surface area contributed by atoms with Crippen LogP contribution in [0.3, 0.4) is 0 Å². The van der Waals surface area contributed by atoms with E-state index in [1.54, 1.807) is 27.5 Å². The molecular formula is C15H16N2O3S. The highest BCUT2D eigenvalue weighted by Crippen LogP contribution is 2.24. The molecule has 0 saturated carbocycles. The lowest BCUT2D eigenvalue weighted by Crippen LogP contribution is -2.16. The molecule has 0 aliphatic heterocycles. The summed E-state index contributed by atoms with van der Waals surface area (Å²) in [5.41, 5.74) is 0.933. The van der Waals surface area contributed by atoms with Crippen LogP contribution in [0, 0.1) is 0 Å². The molecule has 110 valence electrons. The van der Waals surface area contributed by atoms with E-state index in [2.05, 4.69) is 10.3 Å². The second-order valence-electron chi connectivity index (χ2n) is 4.12. The number of ether oxygens (including phenoxy) is 2. The molecule has 6 heteroatoms. The van der Waals surface area contributed by atoms with Crippen LogP contribution in [0.5, 0.6) is 11.5 Å². The fourth-order valence-corrected chi connectivity index (χ4v) is 2.45. The Morgan fingerprint density at radius 3 is 2.43 bits per heavy atom. The number of nitrogens with one attached hydrogen (secondary N) is 1. The third kappa shape index (κ3) is 3.82. The van der Waals surface area contributed by atoms with Gasteiger partial charge in [0.15, 0.2) is 0 Å². The summed E-state index contributed by atoms with van der Waals surface area (Å²) in [4.78, 5) is 16.2. The van der Waals surface area contributed by atoms with Gasteiger partial charge in [-0.05, 0) is 23.8 Å². The molecule has 2 rings (SSSR count). The zero-order chi connectivity index (χ0) is 15.2. The van der Waals surface area contributed by atoms with Crippen molar-refractivity contribution in [1.82, 2.24) is 10.3 Å². The van der Waals surface area contributed by atoms with E-state index in [9.17, 15) is 4.79 Å². The number of nitrogens with zero attached hydrogens (tertiary/aromatic N) is 1. The molecular weight excluding hydrogens is 288 g/mol. The van der Waals surface area contributed by atoms with Gasteiger partial charge in [-0.25, -0.2) is 4.98 Å². The van der Waals surface area contributed by atoms with Gasteiger partial charge in [0.05, 0.1) is 20.4 Å². The minimum atomic E-state index is -0.129. The number of benzene rings is 1. The third-order valence-corrected chi connectivity index (χ3v) is 3.73. The summed E-state index contributed by atoms with van der Waals surface area (Å²) in [5.74, 6) is 1.31. The first kappa shape index (κ1) is 15.1. The zero-order valence-corrected chi connectivity index (χ0v) is 12.9. The molecule has 0 radical (unpaired) electrons. The summed E-state index contributed by atoms with van der Waals surface area (Å²) in [7, 11) is 4.82. The molecule has 0 bridgehead atoms. The number of aromatic nitrogens is 1. The van der Waals surface area contributed by atoms with E-state index < -0.39 is 0 Å². The maximum absolute atomic E-state index is 11.5. The first-order chi connectivity index (χ1) is 10.2. The highest BCUT2D eigenvalue weighted by atomic mass is 32.1. The van der Waals surface area contributed by atoms with Gasteiger partial charge in [0.2, 0.25) is 0 Å².